The maximum atomic E-state index is 11.4. The van der Waals surface area contributed by atoms with Crippen molar-refractivity contribution in [2.24, 2.45) is 0 Å². The first-order valence-electron chi connectivity index (χ1n) is 5.30. The Kier molecular flexibility index (Phi) is 5.07. The summed E-state index contributed by atoms with van der Waals surface area (Å²) in [6.45, 7) is 2.14. The van der Waals surface area contributed by atoms with Gasteiger partial charge in [0.05, 0.1) is 13.5 Å². The van der Waals surface area contributed by atoms with Crippen LogP contribution in [0.5, 0.6) is 11.5 Å². The highest BCUT2D eigenvalue weighted by Crippen LogP contribution is 2.26. The van der Waals surface area contributed by atoms with Gasteiger partial charge in [0.25, 0.3) is 0 Å². The van der Waals surface area contributed by atoms with Gasteiger partial charge in [0.2, 0.25) is 0 Å². The van der Waals surface area contributed by atoms with E-state index >= 15 is 0 Å². The van der Waals surface area contributed by atoms with Crippen LogP contribution in [0.25, 0.3) is 0 Å². The predicted molar refractivity (Wildman–Crippen MR) is 64.1 cm³/mol. The van der Waals surface area contributed by atoms with Gasteiger partial charge in [0.1, 0.15) is 6.61 Å². The van der Waals surface area contributed by atoms with Crippen molar-refractivity contribution in [2.75, 3.05) is 13.7 Å². The molecule has 1 N–H and O–H groups in total. The van der Waals surface area contributed by atoms with E-state index in [-0.39, 0.29) is 24.7 Å². The first kappa shape index (κ1) is 13.1. The van der Waals surface area contributed by atoms with Crippen LogP contribution >= 0.6 is 0 Å². The molecule has 0 atom stereocenters. The van der Waals surface area contributed by atoms with Gasteiger partial charge in [-0.1, -0.05) is 18.2 Å². The van der Waals surface area contributed by atoms with Gasteiger partial charge >= 0.3 is 5.97 Å². The molecule has 0 unspecified atom stereocenters. The lowest BCUT2D eigenvalue weighted by Gasteiger charge is -2.06. The van der Waals surface area contributed by atoms with Crippen LogP contribution in [0.2, 0.25) is 0 Å². The third-order valence-corrected chi connectivity index (χ3v) is 2.17. The Morgan fingerprint density at radius 1 is 1.47 bits per heavy atom. The van der Waals surface area contributed by atoms with E-state index in [0.717, 1.165) is 5.56 Å². The Morgan fingerprint density at radius 3 is 2.88 bits per heavy atom. The maximum Gasteiger partial charge on any atom is 0.310 e. The number of phenolic OH excluding ortho intramolecular Hbond substituents is 1. The molecule has 0 bridgehead atoms. The summed E-state index contributed by atoms with van der Waals surface area (Å²) >= 11 is 0. The minimum Gasteiger partial charge on any atom is -0.504 e. The van der Waals surface area contributed by atoms with Gasteiger partial charge in [-0.25, -0.2) is 0 Å². The van der Waals surface area contributed by atoms with E-state index in [2.05, 4.69) is 0 Å². The van der Waals surface area contributed by atoms with Crippen LogP contribution in [-0.4, -0.2) is 24.8 Å². The van der Waals surface area contributed by atoms with Gasteiger partial charge in [-0.3, -0.25) is 4.79 Å². The normalized spacial score (nSPS) is 10.5. The second kappa shape index (κ2) is 6.58. The third kappa shape index (κ3) is 4.18. The van der Waals surface area contributed by atoms with E-state index < -0.39 is 0 Å². The zero-order valence-corrected chi connectivity index (χ0v) is 9.97. The lowest BCUT2D eigenvalue weighted by Crippen LogP contribution is -2.08. The van der Waals surface area contributed by atoms with Crippen LogP contribution in [0.15, 0.2) is 30.4 Å². The zero-order chi connectivity index (χ0) is 12.7. The second-order valence-corrected chi connectivity index (χ2v) is 3.44. The molecular formula is C13H16O4. The van der Waals surface area contributed by atoms with Crippen molar-refractivity contribution >= 4 is 5.97 Å². The fourth-order valence-corrected chi connectivity index (χ4v) is 1.29. The molecule has 0 aromatic heterocycles. The van der Waals surface area contributed by atoms with Crippen LogP contribution in [0.4, 0.5) is 0 Å². The number of phenols is 1. The summed E-state index contributed by atoms with van der Waals surface area (Å²) in [7, 11) is 1.46. The van der Waals surface area contributed by atoms with Gasteiger partial charge in [-0.05, 0) is 24.6 Å². The van der Waals surface area contributed by atoms with Crippen molar-refractivity contribution in [1.29, 1.82) is 0 Å². The second-order valence-electron chi connectivity index (χ2n) is 3.44. The van der Waals surface area contributed by atoms with Gasteiger partial charge in [0.15, 0.2) is 11.5 Å². The van der Waals surface area contributed by atoms with Crippen molar-refractivity contribution in [3.05, 3.63) is 35.9 Å². The molecule has 0 heterocycles. The van der Waals surface area contributed by atoms with Crippen LogP contribution in [-0.2, 0) is 16.0 Å². The number of ether oxygens (including phenoxy) is 2. The van der Waals surface area contributed by atoms with E-state index in [1.165, 1.54) is 13.2 Å². The molecule has 0 saturated heterocycles. The molecule has 0 aliphatic rings. The van der Waals surface area contributed by atoms with Gasteiger partial charge in [-0.15, -0.1) is 0 Å². The molecule has 0 radical (unpaired) electrons. The van der Waals surface area contributed by atoms with Crippen molar-refractivity contribution in [2.45, 2.75) is 13.3 Å². The summed E-state index contributed by atoms with van der Waals surface area (Å²) in [4.78, 5) is 11.4. The first-order chi connectivity index (χ1) is 8.17. The number of benzene rings is 1. The van der Waals surface area contributed by atoms with Crippen molar-refractivity contribution in [1.82, 2.24) is 0 Å². The number of hydrogen-bond acceptors (Lipinski definition) is 4. The average Bonchev–Trinajstić information content (AvgIpc) is 2.32. The number of rotatable bonds is 5. The molecule has 0 fully saturated rings. The number of esters is 1. The first-order valence-corrected chi connectivity index (χ1v) is 5.30. The smallest absolute Gasteiger partial charge is 0.310 e. The Bertz CT molecular complexity index is 410. The zero-order valence-electron chi connectivity index (χ0n) is 9.97. The Labute approximate surface area is 100 Å². The van der Waals surface area contributed by atoms with Crippen LogP contribution in [0, 0.1) is 0 Å². The minimum atomic E-state index is -0.309. The Morgan fingerprint density at radius 2 is 2.24 bits per heavy atom. The molecule has 1 rings (SSSR count). The summed E-state index contributed by atoms with van der Waals surface area (Å²) in [5.74, 6) is 0.0955. The average molecular weight is 236 g/mol. The molecule has 92 valence electrons. The summed E-state index contributed by atoms with van der Waals surface area (Å²) in [6.07, 6.45) is 3.74. The van der Waals surface area contributed by atoms with Crippen LogP contribution in [0.3, 0.4) is 0 Å². The van der Waals surface area contributed by atoms with E-state index in [1.807, 2.05) is 13.0 Å². The van der Waals surface area contributed by atoms with Gasteiger partial charge in [-0.2, -0.15) is 0 Å². The summed E-state index contributed by atoms with van der Waals surface area (Å²) in [5, 5.41) is 9.39. The number of carbonyl (C=O) groups excluding carboxylic acids is 1. The molecule has 4 heteroatoms. The summed E-state index contributed by atoms with van der Waals surface area (Å²) in [6, 6.07) is 4.77. The van der Waals surface area contributed by atoms with E-state index in [4.69, 9.17) is 9.47 Å². The van der Waals surface area contributed by atoms with Gasteiger partial charge in [0, 0.05) is 0 Å². The monoisotopic (exact) mass is 236 g/mol. The number of aromatic hydroxyl groups is 1. The molecule has 0 aliphatic heterocycles. The lowest BCUT2D eigenvalue weighted by atomic mass is 10.1. The quantitative estimate of drug-likeness (QED) is 0.628. The van der Waals surface area contributed by atoms with E-state index in [1.54, 1.807) is 18.2 Å². The SMILES string of the molecule is C/C=C/COC(=O)Cc1ccc(O)c(OC)c1. The highest BCUT2D eigenvalue weighted by Gasteiger charge is 2.07. The fraction of sp³-hybridized carbons (Fsp3) is 0.308. The molecular weight excluding hydrogens is 220 g/mol. The molecule has 17 heavy (non-hydrogen) atoms. The number of carbonyl (C=O) groups is 1. The minimum absolute atomic E-state index is 0.0542. The number of allylic oxidation sites excluding steroid dienone is 1. The predicted octanol–water partition coefficient (Wildman–Crippen LogP) is 2.06. The molecule has 1 aromatic carbocycles. The number of methoxy groups -OCH3 is 1. The molecule has 0 spiro atoms. The molecule has 0 aliphatic carbocycles. The Hall–Kier alpha value is -1.97. The van der Waals surface area contributed by atoms with Crippen molar-refractivity contribution in [3.8, 4) is 11.5 Å². The highest BCUT2D eigenvalue weighted by atomic mass is 16.5. The largest absolute Gasteiger partial charge is 0.504 e. The van der Waals surface area contributed by atoms with Crippen molar-refractivity contribution < 1.29 is 19.4 Å². The molecule has 0 amide bonds. The number of hydrogen-bond donors (Lipinski definition) is 1. The highest BCUT2D eigenvalue weighted by molar-refractivity contribution is 5.73. The maximum absolute atomic E-state index is 11.4. The Balaban J connectivity index is 2.59. The summed E-state index contributed by atoms with van der Waals surface area (Å²) in [5.41, 5.74) is 0.741. The van der Waals surface area contributed by atoms with Gasteiger partial charge < -0.3 is 14.6 Å². The third-order valence-electron chi connectivity index (χ3n) is 2.17. The summed E-state index contributed by atoms with van der Waals surface area (Å²) < 4.78 is 9.91. The van der Waals surface area contributed by atoms with Crippen LogP contribution < -0.4 is 4.74 Å². The molecule has 1 aromatic rings. The topological polar surface area (TPSA) is 55.8 Å². The van der Waals surface area contributed by atoms with Crippen molar-refractivity contribution in [3.63, 3.8) is 0 Å². The lowest BCUT2D eigenvalue weighted by molar-refractivity contribution is -0.141. The van der Waals surface area contributed by atoms with E-state index in [0.29, 0.717) is 5.75 Å². The van der Waals surface area contributed by atoms with Crippen LogP contribution in [0.1, 0.15) is 12.5 Å². The standard InChI is InChI=1S/C13H16O4/c1-3-4-7-17-13(15)9-10-5-6-11(14)12(8-10)16-2/h3-6,8,14H,7,9H2,1-2H3/b4-3+. The fourth-order valence-electron chi connectivity index (χ4n) is 1.29. The van der Waals surface area contributed by atoms with E-state index in [9.17, 15) is 9.90 Å². The molecule has 4 nitrogen and oxygen atoms in total. The molecule has 0 saturated carbocycles.